The summed E-state index contributed by atoms with van der Waals surface area (Å²) in [7, 11) is 1.66. The maximum Gasteiger partial charge on any atom is 0.387 e. The van der Waals surface area contributed by atoms with E-state index in [2.05, 4.69) is 10.1 Å². The van der Waals surface area contributed by atoms with Gasteiger partial charge in [-0.05, 0) is 37.0 Å². The fourth-order valence-electron chi connectivity index (χ4n) is 1.97. The van der Waals surface area contributed by atoms with Crippen LogP contribution in [0.2, 0.25) is 5.02 Å². The number of rotatable bonds is 7. The van der Waals surface area contributed by atoms with Gasteiger partial charge in [0.05, 0.1) is 17.7 Å². The van der Waals surface area contributed by atoms with Crippen molar-refractivity contribution in [1.82, 2.24) is 0 Å². The Morgan fingerprint density at radius 3 is 2.68 bits per heavy atom. The molecule has 0 bridgehead atoms. The molecule has 1 atom stereocenters. The third kappa shape index (κ3) is 4.21. The molecule has 1 aliphatic rings. The van der Waals surface area contributed by atoms with E-state index < -0.39 is 6.61 Å². The number of methoxy groups -OCH3 is 1. The molecule has 1 aromatic carbocycles. The molecular weight excluding hydrogens is 276 g/mol. The zero-order chi connectivity index (χ0) is 13.8. The number of ether oxygens (including phenoxy) is 2. The first-order valence-corrected chi connectivity index (χ1v) is 6.47. The molecule has 1 aromatic rings. The van der Waals surface area contributed by atoms with Crippen molar-refractivity contribution >= 4 is 17.3 Å². The van der Waals surface area contributed by atoms with Crippen molar-refractivity contribution in [3.05, 3.63) is 23.2 Å². The molecule has 2 rings (SSSR count). The number of anilines is 1. The van der Waals surface area contributed by atoms with E-state index in [9.17, 15) is 8.78 Å². The highest BCUT2D eigenvalue weighted by Gasteiger charge is 2.31. The minimum absolute atomic E-state index is 0.0167. The van der Waals surface area contributed by atoms with Gasteiger partial charge in [0, 0.05) is 12.8 Å². The molecule has 106 valence electrons. The summed E-state index contributed by atoms with van der Waals surface area (Å²) < 4.78 is 33.7. The fraction of sp³-hybridized carbons (Fsp3) is 0.538. The maximum absolute atomic E-state index is 12.1. The van der Waals surface area contributed by atoms with Crippen molar-refractivity contribution in [3.8, 4) is 5.75 Å². The average Bonchev–Trinajstić information content (AvgIpc) is 3.16. The van der Waals surface area contributed by atoms with Gasteiger partial charge in [-0.15, -0.1) is 0 Å². The van der Waals surface area contributed by atoms with Gasteiger partial charge in [0.1, 0.15) is 5.75 Å². The minimum Gasteiger partial charge on any atom is -0.433 e. The van der Waals surface area contributed by atoms with Gasteiger partial charge in [-0.25, -0.2) is 0 Å². The number of hydrogen-bond donors (Lipinski definition) is 1. The van der Waals surface area contributed by atoms with E-state index in [1.54, 1.807) is 19.2 Å². The van der Waals surface area contributed by atoms with Gasteiger partial charge in [-0.2, -0.15) is 8.78 Å². The molecule has 19 heavy (non-hydrogen) atoms. The molecule has 1 aliphatic carbocycles. The third-order valence-electron chi connectivity index (χ3n) is 3.04. The predicted molar refractivity (Wildman–Crippen MR) is 70.1 cm³/mol. The van der Waals surface area contributed by atoms with Crippen LogP contribution in [-0.2, 0) is 4.74 Å². The Morgan fingerprint density at radius 1 is 1.42 bits per heavy atom. The molecule has 1 N–H and O–H groups in total. The summed E-state index contributed by atoms with van der Waals surface area (Å²) in [5.74, 6) is 0.590. The molecule has 0 aromatic heterocycles. The zero-order valence-electron chi connectivity index (χ0n) is 10.5. The van der Waals surface area contributed by atoms with Crippen LogP contribution in [0.3, 0.4) is 0 Å². The molecule has 0 saturated heterocycles. The van der Waals surface area contributed by atoms with E-state index in [0.717, 1.165) is 5.69 Å². The topological polar surface area (TPSA) is 30.5 Å². The molecule has 0 spiro atoms. The van der Waals surface area contributed by atoms with Crippen LogP contribution in [0.5, 0.6) is 5.75 Å². The maximum atomic E-state index is 12.1. The molecule has 6 heteroatoms. The SMILES string of the molecule is COCC(Nc1ccc(OC(F)F)c(Cl)c1)C1CC1. The van der Waals surface area contributed by atoms with Crippen LogP contribution < -0.4 is 10.1 Å². The Kier molecular flexibility index (Phi) is 4.82. The second-order valence-electron chi connectivity index (χ2n) is 4.57. The van der Waals surface area contributed by atoms with Crippen LogP contribution in [0.15, 0.2) is 18.2 Å². The molecule has 3 nitrogen and oxygen atoms in total. The van der Waals surface area contributed by atoms with Crippen LogP contribution in [-0.4, -0.2) is 26.4 Å². The van der Waals surface area contributed by atoms with Gasteiger partial charge < -0.3 is 14.8 Å². The van der Waals surface area contributed by atoms with E-state index in [-0.39, 0.29) is 16.8 Å². The fourth-order valence-corrected chi connectivity index (χ4v) is 2.20. The summed E-state index contributed by atoms with van der Waals surface area (Å²) in [5.41, 5.74) is 0.778. The van der Waals surface area contributed by atoms with E-state index >= 15 is 0 Å². The first kappa shape index (κ1) is 14.3. The van der Waals surface area contributed by atoms with Crippen molar-refractivity contribution in [2.45, 2.75) is 25.5 Å². The van der Waals surface area contributed by atoms with Gasteiger partial charge in [0.25, 0.3) is 0 Å². The normalized spacial score (nSPS) is 16.5. The number of nitrogens with one attached hydrogen (secondary N) is 1. The first-order chi connectivity index (χ1) is 9.10. The van der Waals surface area contributed by atoms with Crippen molar-refractivity contribution in [2.75, 3.05) is 19.0 Å². The van der Waals surface area contributed by atoms with Gasteiger partial charge in [-0.3, -0.25) is 0 Å². The standard InChI is InChI=1S/C13H16ClF2NO2/c1-18-7-11(8-2-3-8)17-9-4-5-12(10(14)6-9)19-13(15)16/h4-6,8,11,13,17H,2-3,7H2,1H3. The van der Waals surface area contributed by atoms with E-state index in [1.165, 1.54) is 18.9 Å². The van der Waals surface area contributed by atoms with Gasteiger partial charge in [-0.1, -0.05) is 11.6 Å². The molecule has 0 aliphatic heterocycles. The predicted octanol–water partition coefficient (Wildman–Crippen LogP) is 3.78. The highest BCUT2D eigenvalue weighted by molar-refractivity contribution is 6.32. The second-order valence-corrected chi connectivity index (χ2v) is 4.97. The van der Waals surface area contributed by atoms with E-state index in [1.807, 2.05) is 0 Å². The lowest BCUT2D eigenvalue weighted by atomic mass is 10.2. The Hall–Kier alpha value is -1.07. The summed E-state index contributed by atoms with van der Waals surface area (Å²) in [5, 5.41) is 3.47. The minimum atomic E-state index is -2.87. The Balaban J connectivity index is 2.02. The number of benzene rings is 1. The molecule has 1 saturated carbocycles. The second kappa shape index (κ2) is 6.39. The smallest absolute Gasteiger partial charge is 0.387 e. The Labute approximate surface area is 115 Å². The highest BCUT2D eigenvalue weighted by Crippen LogP contribution is 2.35. The van der Waals surface area contributed by atoms with Crippen molar-refractivity contribution < 1.29 is 18.3 Å². The largest absolute Gasteiger partial charge is 0.433 e. The highest BCUT2D eigenvalue weighted by atomic mass is 35.5. The van der Waals surface area contributed by atoms with Crippen molar-refractivity contribution in [2.24, 2.45) is 5.92 Å². The van der Waals surface area contributed by atoms with Crippen molar-refractivity contribution in [3.63, 3.8) is 0 Å². The van der Waals surface area contributed by atoms with Crippen molar-refractivity contribution in [1.29, 1.82) is 0 Å². The lowest BCUT2D eigenvalue weighted by Gasteiger charge is -2.19. The summed E-state index contributed by atoms with van der Waals surface area (Å²) in [6, 6.07) is 4.93. The quantitative estimate of drug-likeness (QED) is 0.829. The van der Waals surface area contributed by atoms with Crippen LogP contribution in [0.4, 0.5) is 14.5 Å². The van der Waals surface area contributed by atoms with Crippen LogP contribution in [0.1, 0.15) is 12.8 Å². The van der Waals surface area contributed by atoms with E-state index in [4.69, 9.17) is 16.3 Å². The molecule has 1 fully saturated rings. The average molecular weight is 292 g/mol. The summed E-state index contributed by atoms with van der Waals surface area (Å²) >= 11 is 5.90. The number of halogens is 3. The van der Waals surface area contributed by atoms with Gasteiger partial charge >= 0.3 is 6.61 Å². The summed E-state index contributed by atoms with van der Waals surface area (Å²) in [6.07, 6.45) is 2.36. The molecule has 0 amide bonds. The molecule has 0 heterocycles. The lowest BCUT2D eigenvalue weighted by Crippen LogP contribution is -2.27. The number of alkyl halides is 2. The summed E-state index contributed by atoms with van der Waals surface area (Å²) in [4.78, 5) is 0. The lowest BCUT2D eigenvalue weighted by molar-refractivity contribution is -0.0497. The monoisotopic (exact) mass is 291 g/mol. The van der Waals surface area contributed by atoms with E-state index in [0.29, 0.717) is 12.5 Å². The van der Waals surface area contributed by atoms with Crippen LogP contribution >= 0.6 is 11.6 Å². The molecule has 0 radical (unpaired) electrons. The van der Waals surface area contributed by atoms with Crippen LogP contribution in [0, 0.1) is 5.92 Å². The number of hydrogen-bond acceptors (Lipinski definition) is 3. The third-order valence-corrected chi connectivity index (χ3v) is 3.33. The molecule has 1 unspecified atom stereocenters. The van der Waals surface area contributed by atoms with Gasteiger partial charge in [0.15, 0.2) is 0 Å². The Bertz CT molecular complexity index is 427. The van der Waals surface area contributed by atoms with Gasteiger partial charge in [0.2, 0.25) is 0 Å². The first-order valence-electron chi connectivity index (χ1n) is 6.10. The Morgan fingerprint density at radius 2 is 2.16 bits per heavy atom. The van der Waals surface area contributed by atoms with Crippen LogP contribution in [0.25, 0.3) is 0 Å². The molecular formula is C13H16ClF2NO2. The summed E-state index contributed by atoms with van der Waals surface area (Å²) in [6.45, 7) is -2.26. The zero-order valence-corrected chi connectivity index (χ0v) is 11.3.